The molecule has 4 aromatic rings. The van der Waals surface area contributed by atoms with Crippen LogP contribution in [0.3, 0.4) is 0 Å². The van der Waals surface area contributed by atoms with Gasteiger partial charge in [0.2, 0.25) is 0 Å². The van der Waals surface area contributed by atoms with Crippen molar-refractivity contribution in [1.82, 2.24) is 4.98 Å². The fraction of sp³-hybridized carbons (Fsp3) is 0.174. The van der Waals surface area contributed by atoms with E-state index in [2.05, 4.69) is 37.9 Å². The zero-order valence-corrected chi connectivity index (χ0v) is 15.8. The van der Waals surface area contributed by atoms with E-state index in [1.807, 2.05) is 25.1 Å². The third-order valence-corrected chi connectivity index (χ3v) is 5.30. The van der Waals surface area contributed by atoms with Crippen LogP contribution in [0.2, 0.25) is 0 Å². The summed E-state index contributed by atoms with van der Waals surface area (Å²) >= 11 is 0. The Morgan fingerprint density at radius 2 is 1.59 bits per heavy atom. The summed E-state index contributed by atoms with van der Waals surface area (Å²) in [7, 11) is 0. The monoisotopic (exact) mass is 359 g/mol. The van der Waals surface area contributed by atoms with E-state index >= 15 is 0 Å². The number of rotatable bonds is 3. The molecule has 0 fully saturated rings. The first-order valence-electron chi connectivity index (χ1n) is 8.90. The lowest BCUT2D eigenvalue weighted by atomic mass is 9.96. The fourth-order valence-corrected chi connectivity index (χ4v) is 3.67. The van der Waals surface area contributed by atoms with Gasteiger partial charge in [0.05, 0.1) is 5.56 Å². The van der Waals surface area contributed by atoms with Crippen molar-refractivity contribution in [3.8, 4) is 22.5 Å². The fourth-order valence-electron chi connectivity index (χ4n) is 3.67. The van der Waals surface area contributed by atoms with Crippen LogP contribution in [0.15, 0.2) is 46.9 Å². The summed E-state index contributed by atoms with van der Waals surface area (Å²) in [5.41, 5.74) is 8.84. The minimum absolute atomic E-state index is 0.285. The van der Waals surface area contributed by atoms with Gasteiger partial charge in [0, 0.05) is 22.3 Å². The summed E-state index contributed by atoms with van der Waals surface area (Å²) in [5.74, 6) is 0.0398. The van der Waals surface area contributed by atoms with E-state index in [0.717, 1.165) is 39.4 Å². The number of hydrogen-bond acceptors (Lipinski definition) is 2. The van der Waals surface area contributed by atoms with Gasteiger partial charge in [0.1, 0.15) is 11.3 Å². The number of carbonyl (C=O) groups is 1. The van der Waals surface area contributed by atoms with Gasteiger partial charge >= 0.3 is 5.97 Å². The zero-order valence-electron chi connectivity index (χ0n) is 15.8. The van der Waals surface area contributed by atoms with Crippen molar-refractivity contribution in [3.63, 3.8) is 0 Å². The first kappa shape index (κ1) is 17.2. The second-order valence-corrected chi connectivity index (χ2v) is 7.02. The van der Waals surface area contributed by atoms with Crippen LogP contribution < -0.4 is 0 Å². The van der Waals surface area contributed by atoms with Crippen LogP contribution in [0.1, 0.15) is 32.8 Å². The van der Waals surface area contributed by atoms with E-state index in [0.29, 0.717) is 0 Å². The lowest BCUT2D eigenvalue weighted by Gasteiger charge is -2.08. The Kier molecular flexibility index (Phi) is 3.92. The Hall–Kier alpha value is -3.27. The van der Waals surface area contributed by atoms with Crippen molar-refractivity contribution in [2.75, 3.05) is 0 Å². The molecule has 0 amide bonds. The number of nitrogens with one attached hydrogen (secondary N) is 1. The maximum atomic E-state index is 11.0. The van der Waals surface area contributed by atoms with Gasteiger partial charge in [0.15, 0.2) is 0 Å². The molecular weight excluding hydrogens is 338 g/mol. The molecule has 136 valence electrons. The largest absolute Gasteiger partial charge is 0.478 e. The van der Waals surface area contributed by atoms with Crippen molar-refractivity contribution in [2.24, 2.45) is 0 Å². The van der Waals surface area contributed by atoms with Crippen LogP contribution in [0, 0.1) is 27.7 Å². The van der Waals surface area contributed by atoms with Crippen molar-refractivity contribution >= 4 is 16.9 Å². The van der Waals surface area contributed by atoms with E-state index < -0.39 is 5.97 Å². The van der Waals surface area contributed by atoms with E-state index in [4.69, 9.17) is 9.52 Å². The molecule has 2 heterocycles. The smallest absolute Gasteiger partial charge is 0.335 e. The summed E-state index contributed by atoms with van der Waals surface area (Å²) in [6.45, 7) is 8.30. The molecule has 0 radical (unpaired) electrons. The lowest BCUT2D eigenvalue weighted by molar-refractivity contribution is 0.0697. The van der Waals surface area contributed by atoms with E-state index in [1.165, 1.54) is 16.5 Å². The third-order valence-electron chi connectivity index (χ3n) is 5.30. The van der Waals surface area contributed by atoms with Crippen molar-refractivity contribution in [1.29, 1.82) is 0 Å². The maximum Gasteiger partial charge on any atom is 0.335 e. The second kappa shape index (κ2) is 6.16. The standard InChI is InChI=1S/C23H21NO3/c1-12-11-18(14(3)21-13(2)15(4)27-22(12)21)20-10-9-19(24-20)16-5-7-17(8-6-16)23(25)26/h5-11,24H,1-4H3,(H,25,26). The molecule has 0 bridgehead atoms. The molecule has 0 saturated carbocycles. The Morgan fingerprint density at radius 1 is 0.926 bits per heavy atom. The number of aryl methyl sites for hydroxylation is 4. The molecule has 27 heavy (non-hydrogen) atoms. The van der Waals surface area contributed by atoms with Crippen LogP contribution in [-0.2, 0) is 0 Å². The predicted octanol–water partition coefficient (Wildman–Crippen LogP) is 6.03. The Morgan fingerprint density at radius 3 is 2.26 bits per heavy atom. The molecule has 2 aromatic heterocycles. The third kappa shape index (κ3) is 2.74. The molecule has 0 atom stereocenters. The molecule has 0 aliphatic carbocycles. The molecule has 0 aliphatic heterocycles. The highest BCUT2D eigenvalue weighted by molar-refractivity contribution is 5.93. The van der Waals surface area contributed by atoms with Gasteiger partial charge in [-0.25, -0.2) is 4.79 Å². The molecule has 0 aliphatic rings. The van der Waals surface area contributed by atoms with Gasteiger partial charge in [-0.15, -0.1) is 0 Å². The number of aromatic carboxylic acids is 1. The van der Waals surface area contributed by atoms with E-state index in [-0.39, 0.29) is 5.56 Å². The summed E-state index contributed by atoms with van der Waals surface area (Å²) < 4.78 is 5.95. The molecule has 2 aromatic carbocycles. The average Bonchev–Trinajstić information content (AvgIpc) is 3.24. The van der Waals surface area contributed by atoms with Gasteiger partial charge in [-0.1, -0.05) is 12.1 Å². The molecule has 0 spiro atoms. The highest BCUT2D eigenvalue weighted by atomic mass is 16.4. The summed E-state index contributed by atoms with van der Waals surface area (Å²) in [6, 6.07) is 13.1. The number of carboxylic acid groups (broad SMARTS) is 1. The Balaban J connectivity index is 1.80. The van der Waals surface area contributed by atoms with Crippen LogP contribution in [0.25, 0.3) is 33.5 Å². The number of aromatic nitrogens is 1. The first-order valence-corrected chi connectivity index (χ1v) is 8.90. The molecule has 4 nitrogen and oxygen atoms in total. The second-order valence-electron chi connectivity index (χ2n) is 7.02. The number of benzene rings is 2. The van der Waals surface area contributed by atoms with Gasteiger partial charge < -0.3 is 14.5 Å². The minimum Gasteiger partial charge on any atom is -0.478 e. The maximum absolute atomic E-state index is 11.0. The number of aromatic amines is 1. The Bertz CT molecular complexity index is 1180. The lowest BCUT2D eigenvalue weighted by Crippen LogP contribution is -1.95. The molecule has 0 unspecified atom stereocenters. The number of furan rings is 1. The normalized spacial score (nSPS) is 11.3. The highest BCUT2D eigenvalue weighted by Gasteiger charge is 2.17. The van der Waals surface area contributed by atoms with Gasteiger partial charge in [0.25, 0.3) is 0 Å². The highest BCUT2D eigenvalue weighted by Crippen LogP contribution is 2.37. The van der Waals surface area contributed by atoms with E-state index in [1.54, 1.807) is 12.1 Å². The van der Waals surface area contributed by atoms with Gasteiger partial charge in [-0.05, 0) is 80.3 Å². The van der Waals surface area contributed by atoms with Gasteiger partial charge in [-0.3, -0.25) is 0 Å². The summed E-state index contributed by atoms with van der Waals surface area (Å²) in [4.78, 5) is 14.5. The molecule has 2 N–H and O–H groups in total. The quantitative estimate of drug-likeness (QED) is 0.469. The zero-order chi connectivity index (χ0) is 19.3. The van der Waals surface area contributed by atoms with Crippen LogP contribution in [0.5, 0.6) is 0 Å². The van der Waals surface area contributed by atoms with E-state index in [9.17, 15) is 4.79 Å². The van der Waals surface area contributed by atoms with Crippen molar-refractivity contribution in [3.05, 3.63) is 70.5 Å². The molecular formula is C23H21NO3. The molecule has 0 saturated heterocycles. The molecule has 4 rings (SSSR count). The van der Waals surface area contributed by atoms with Crippen molar-refractivity contribution in [2.45, 2.75) is 27.7 Å². The summed E-state index contributed by atoms with van der Waals surface area (Å²) in [6.07, 6.45) is 0. The molecule has 4 heteroatoms. The number of hydrogen-bond donors (Lipinski definition) is 2. The van der Waals surface area contributed by atoms with Crippen LogP contribution in [0.4, 0.5) is 0 Å². The first-order chi connectivity index (χ1) is 12.9. The van der Waals surface area contributed by atoms with Crippen LogP contribution >= 0.6 is 0 Å². The topological polar surface area (TPSA) is 66.2 Å². The summed E-state index contributed by atoms with van der Waals surface area (Å²) in [5, 5.41) is 10.2. The average molecular weight is 359 g/mol. The number of fused-ring (bicyclic) bond motifs is 1. The van der Waals surface area contributed by atoms with Crippen LogP contribution in [-0.4, -0.2) is 16.1 Å². The van der Waals surface area contributed by atoms with Gasteiger partial charge in [-0.2, -0.15) is 0 Å². The number of carboxylic acids is 1. The minimum atomic E-state index is -0.918. The predicted molar refractivity (Wildman–Crippen MR) is 107 cm³/mol. The SMILES string of the molecule is Cc1oc2c(C)cc(-c3ccc(-c4ccc(C(=O)O)cc4)[nH]3)c(C)c2c1C. The van der Waals surface area contributed by atoms with Crippen molar-refractivity contribution < 1.29 is 14.3 Å². The number of H-pyrrole nitrogens is 1. The Labute approximate surface area is 157 Å².